The molecule has 0 unspecified atom stereocenters. The maximum absolute atomic E-state index is 12.3. The lowest BCUT2D eigenvalue weighted by Gasteiger charge is -2.33. The maximum Gasteiger partial charge on any atom is 0.253 e. The minimum Gasteiger partial charge on any atom is -0.394 e. The van der Waals surface area contributed by atoms with Gasteiger partial charge in [0.2, 0.25) is 11.8 Å². The molecule has 2 aliphatic heterocycles. The van der Waals surface area contributed by atoms with Crippen LogP contribution in [0.5, 0.6) is 0 Å². The molecule has 1 aromatic rings. The summed E-state index contributed by atoms with van der Waals surface area (Å²) in [6.45, 7) is -0.200. The van der Waals surface area contributed by atoms with Gasteiger partial charge in [0.05, 0.1) is 17.2 Å². The smallest absolute Gasteiger partial charge is 0.253 e. The van der Waals surface area contributed by atoms with E-state index in [0.29, 0.717) is 17.0 Å². The second-order valence-corrected chi connectivity index (χ2v) is 6.04. The predicted molar refractivity (Wildman–Crippen MR) is 81.8 cm³/mol. The molecule has 2 heterocycles. The van der Waals surface area contributed by atoms with Crippen LogP contribution in [0.25, 0.3) is 0 Å². The van der Waals surface area contributed by atoms with Gasteiger partial charge in [-0.25, -0.2) is 0 Å². The van der Waals surface area contributed by atoms with Crippen molar-refractivity contribution in [1.29, 1.82) is 0 Å². The molecule has 0 aliphatic carbocycles. The van der Waals surface area contributed by atoms with Gasteiger partial charge in [0.1, 0.15) is 12.1 Å². The Morgan fingerprint density at radius 3 is 2.83 bits per heavy atom. The quantitative estimate of drug-likeness (QED) is 0.694. The number of benzene rings is 1. The topological polar surface area (TPSA) is 98.7 Å². The summed E-state index contributed by atoms with van der Waals surface area (Å²) in [4.78, 5) is 37.8. The van der Waals surface area contributed by atoms with Crippen molar-refractivity contribution in [2.24, 2.45) is 0 Å². The molecule has 3 N–H and O–H groups in total. The molecule has 122 valence electrons. The van der Waals surface area contributed by atoms with Gasteiger partial charge >= 0.3 is 0 Å². The summed E-state index contributed by atoms with van der Waals surface area (Å²) in [5.41, 5.74) is 0.350. The zero-order valence-corrected chi connectivity index (χ0v) is 12.9. The van der Waals surface area contributed by atoms with Crippen molar-refractivity contribution in [3.8, 4) is 0 Å². The van der Waals surface area contributed by atoms with Gasteiger partial charge in [-0.3, -0.25) is 14.4 Å². The summed E-state index contributed by atoms with van der Waals surface area (Å²) in [5, 5.41) is 14.8. The van der Waals surface area contributed by atoms with E-state index in [1.54, 1.807) is 24.3 Å². The van der Waals surface area contributed by atoms with Gasteiger partial charge < -0.3 is 20.6 Å². The number of amides is 3. The van der Waals surface area contributed by atoms with Crippen LogP contribution in [-0.2, 0) is 9.59 Å². The molecule has 0 aromatic heterocycles. The first-order valence-electron chi connectivity index (χ1n) is 7.28. The number of nitrogens with one attached hydrogen (secondary N) is 2. The van der Waals surface area contributed by atoms with E-state index < -0.39 is 18.7 Å². The number of aliphatic hydroxyl groups is 1. The Balaban J connectivity index is 1.70. The highest BCUT2D eigenvalue weighted by molar-refractivity contribution is 6.33. The van der Waals surface area contributed by atoms with Crippen molar-refractivity contribution >= 4 is 29.3 Å². The fourth-order valence-corrected chi connectivity index (χ4v) is 3.22. The minimum absolute atomic E-state index is 0.240. The largest absolute Gasteiger partial charge is 0.394 e. The van der Waals surface area contributed by atoms with Crippen LogP contribution < -0.4 is 10.6 Å². The monoisotopic (exact) mass is 337 g/mol. The molecule has 0 spiro atoms. The van der Waals surface area contributed by atoms with Crippen molar-refractivity contribution in [3.05, 3.63) is 34.9 Å². The molecule has 0 radical (unpaired) electrons. The van der Waals surface area contributed by atoms with Crippen LogP contribution in [0, 0.1) is 0 Å². The molecule has 1 aromatic carbocycles. The van der Waals surface area contributed by atoms with Crippen LogP contribution in [0.3, 0.4) is 0 Å². The number of aliphatic hydroxyl groups excluding tert-OH is 1. The summed E-state index contributed by atoms with van der Waals surface area (Å²) in [5.74, 6) is -0.975. The van der Waals surface area contributed by atoms with Crippen LogP contribution in [0.2, 0.25) is 5.02 Å². The number of hydrogen-bond donors (Lipinski definition) is 3. The van der Waals surface area contributed by atoms with Gasteiger partial charge in [0.15, 0.2) is 0 Å². The molecule has 8 heteroatoms. The zero-order valence-electron chi connectivity index (χ0n) is 12.2. The Morgan fingerprint density at radius 1 is 1.39 bits per heavy atom. The van der Waals surface area contributed by atoms with Crippen molar-refractivity contribution in [1.82, 2.24) is 15.5 Å². The lowest BCUT2D eigenvalue weighted by atomic mass is 10.1. The summed E-state index contributed by atoms with van der Waals surface area (Å²) in [6.07, 6.45) is 0.339. The molecule has 0 bridgehead atoms. The highest BCUT2D eigenvalue weighted by Gasteiger charge is 2.46. The first kappa shape index (κ1) is 15.8. The number of hydrogen-bond acceptors (Lipinski definition) is 4. The number of fused-ring (bicyclic) bond motifs is 1. The molecular weight excluding hydrogens is 322 g/mol. The van der Waals surface area contributed by atoms with Crippen LogP contribution >= 0.6 is 11.6 Å². The molecule has 3 rings (SSSR count). The normalized spacial score (nSPS) is 26.7. The fraction of sp³-hybridized carbons (Fsp3) is 0.400. The summed E-state index contributed by atoms with van der Waals surface area (Å²) >= 11 is 5.99. The van der Waals surface area contributed by atoms with Crippen molar-refractivity contribution in [3.63, 3.8) is 0 Å². The van der Waals surface area contributed by atoms with E-state index in [1.807, 2.05) is 0 Å². The second-order valence-electron chi connectivity index (χ2n) is 5.64. The molecule has 3 atom stereocenters. The molecule has 23 heavy (non-hydrogen) atoms. The van der Waals surface area contributed by atoms with Crippen molar-refractivity contribution < 1.29 is 19.5 Å². The lowest BCUT2D eigenvalue weighted by molar-refractivity contribution is -0.148. The van der Waals surface area contributed by atoms with E-state index in [1.165, 1.54) is 4.90 Å². The van der Waals surface area contributed by atoms with E-state index in [2.05, 4.69) is 10.6 Å². The van der Waals surface area contributed by atoms with Crippen LogP contribution in [0.1, 0.15) is 16.8 Å². The maximum atomic E-state index is 12.3. The number of piperazine rings is 1. The van der Waals surface area contributed by atoms with Gasteiger partial charge in [-0.05, 0) is 18.6 Å². The highest BCUT2D eigenvalue weighted by Crippen LogP contribution is 2.23. The first-order chi connectivity index (χ1) is 11.0. The Hall–Kier alpha value is -2.12. The Labute approximate surface area is 137 Å². The zero-order chi connectivity index (χ0) is 16.6. The Morgan fingerprint density at radius 2 is 2.13 bits per heavy atom. The van der Waals surface area contributed by atoms with Crippen LogP contribution in [0.15, 0.2) is 24.3 Å². The third-order valence-corrected chi connectivity index (χ3v) is 4.47. The summed E-state index contributed by atoms with van der Waals surface area (Å²) in [6, 6.07) is 4.82. The third kappa shape index (κ3) is 2.89. The standard InChI is InChI=1S/C15H16ClN3O4/c16-10-4-2-1-3-9(10)13(21)17-8-5-12-14(22)18-11(7-20)15(23)19(12)6-8/h1-4,8,11-12,20H,5-7H2,(H,17,21)(H,18,22)/t8-,11+,12-/m0/s1. The minimum atomic E-state index is -0.906. The van der Waals surface area contributed by atoms with Crippen LogP contribution in [0.4, 0.5) is 0 Å². The second kappa shape index (κ2) is 6.17. The molecule has 3 amide bonds. The molecule has 0 saturated carbocycles. The molecule has 7 nitrogen and oxygen atoms in total. The number of halogens is 1. The van der Waals surface area contributed by atoms with Crippen LogP contribution in [-0.4, -0.2) is 59.0 Å². The highest BCUT2D eigenvalue weighted by atomic mass is 35.5. The first-order valence-corrected chi connectivity index (χ1v) is 7.66. The predicted octanol–water partition coefficient (Wildman–Crippen LogP) is -0.470. The fourth-order valence-electron chi connectivity index (χ4n) is 2.99. The van der Waals surface area contributed by atoms with Gasteiger partial charge in [0.25, 0.3) is 5.91 Å². The van der Waals surface area contributed by atoms with E-state index in [9.17, 15) is 14.4 Å². The Kier molecular flexibility index (Phi) is 4.23. The summed E-state index contributed by atoms with van der Waals surface area (Å²) in [7, 11) is 0. The van der Waals surface area contributed by atoms with Crippen molar-refractivity contribution in [2.45, 2.75) is 24.5 Å². The van der Waals surface area contributed by atoms with E-state index >= 15 is 0 Å². The number of carbonyl (C=O) groups is 3. The summed E-state index contributed by atoms with van der Waals surface area (Å²) < 4.78 is 0. The van der Waals surface area contributed by atoms with E-state index in [4.69, 9.17) is 16.7 Å². The van der Waals surface area contributed by atoms with Gasteiger partial charge in [-0.2, -0.15) is 0 Å². The van der Waals surface area contributed by atoms with E-state index in [-0.39, 0.29) is 30.3 Å². The number of carbonyl (C=O) groups excluding carboxylic acids is 3. The average Bonchev–Trinajstić information content (AvgIpc) is 2.95. The molecule has 2 aliphatic rings. The number of rotatable bonds is 3. The van der Waals surface area contributed by atoms with Gasteiger partial charge in [-0.15, -0.1) is 0 Å². The van der Waals surface area contributed by atoms with E-state index in [0.717, 1.165) is 0 Å². The number of nitrogens with zero attached hydrogens (tertiary/aromatic N) is 1. The molecule has 2 saturated heterocycles. The lowest BCUT2D eigenvalue weighted by Crippen LogP contribution is -2.62. The van der Waals surface area contributed by atoms with Gasteiger partial charge in [0, 0.05) is 12.6 Å². The SMILES string of the molecule is O=C(N[C@H]1C[C@H]2C(=O)N[C@H](CO)C(=O)N2C1)c1ccccc1Cl. The van der Waals surface area contributed by atoms with Gasteiger partial charge in [-0.1, -0.05) is 23.7 Å². The van der Waals surface area contributed by atoms with Crippen molar-refractivity contribution in [2.75, 3.05) is 13.2 Å². The third-order valence-electron chi connectivity index (χ3n) is 4.14. The molecular formula is C15H16ClN3O4. The Bertz CT molecular complexity index is 666. The average molecular weight is 338 g/mol. The molecule has 2 fully saturated rings.